The minimum atomic E-state index is -0.643. The average molecular weight is 563 g/mol. The molecule has 0 aliphatic rings. The molecule has 202 valence electrons. The molecule has 0 unspecified atom stereocenters. The Morgan fingerprint density at radius 2 is 1.78 bits per heavy atom. The highest BCUT2D eigenvalue weighted by atomic mass is 32.1. The highest BCUT2D eigenvalue weighted by Crippen LogP contribution is 2.31. The zero-order valence-electron chi connectivity index (χ0n) is 22.0. The summed E-state index contributed by atoms with van der Waals surface area (Å²) in [5, 5.41) is 24.3. The monoisotopic (exact) mass is 562 g/mol. The topological polar surface area (TPSA) is 131 Å². The number of carbonyl (C=O) groups excluding carboxylic acids is 1. The van der Waals surface area contributed by atoms with E-state index in [4.69, 9.17) is 4.42 Å². The predicted octanol–water partition coefficient (Wildman–Crippen LogP) is 4.83. The van der Waals surface area contributed by atoms with Crippen LogP contribution >= 0.6 is 11.3 Å². The molecule has 2 aromatic heterocycles. The second kappa shape index (κ2) is 11.3. The van der Waals surface area contributed by atoms with Crippen LogP contribution in [0.25, 0.3) is 28.7 Å². The third kappa shape index (κ3) is 5.48. The maximum absolute atomic E-state index is 13.7. The van der Waals surface area contributed by atoms with Crippen molar-refractivity contribution < 1.29 is 14.1 Å². The molecule has 0 spiro atoms. The lowest BCUT2D eigenvalue weighted by molar-refractivity contribution is -0.384. The number of hydrogen-bond acceptors (Lipinski definition) is 7. The first-order valence-electron chi connectivity index (χ1n) is 12.4. The summed E-state index contributed by atoms with van der Waals surface area (Å²) in [4.78, 5) is 38.0. The Labute approximate surface area is 237 Å². The number of aryl methyl sites for hydroxylation is 2. The minimum absolute atomic E-state index is 0.110. The summed E-state index contributed by atoms with van der Waals surface area (Å²) in [6, 6.07) is 25.7. The van der Waals surface area contributed by atoms with Gasteiger partial charge in [0.1, 0.15) is 22.3 Å². The van der Waals surface area contributed by atoms with Crippen LogP contribution in [-0.2, 0) is 4.79 Å². The number of nitrogens with zero attached hydrogens (tertiary/aromatic N) is 3. The number of rotatable bonds is 6. The van der Waals surface area contributed by atoms with E-state index in [9.17, 15) is 25.0 Å². The van der Waals surface area contributed by atoms with Crippen LogP contribution in [-0.4, -0.2) is 15.4 Å². The molecule has 5 aromatic rings. The number of amides is 1. The average Bonchev–Trinajstić information content (AvgIpc) is 3.56. The van der Waals surface area contributed by atoms with Gasteiger partial charge in [-0.25, -0.2) is 0 Å². The number of nitrogens with one attached hydrogen (secondary N) is 1. The first kappa shape index (κ1) is 27.1. The summed E-state index contributed by atoms with van der Waals surface area (Å²) >= 11 is 0.974. The van der Waals surface area contributed by atoms with Crippen LogP contribution in [0.2, 0.25) is 0 Å². The molecule has 0 atom stereocenters. The Bertz CT molecular complexity index is 2030. The number of nitro benzene ring substituents is 1. The summed E-state index contributed by atoms with van der Waals surface area (Å²) in [6.07, 6.45) is 1.49. The predicted molar refractivity (Wildman–Crippen MR) is 157 cm³/mol. The first-order chi connectivity index (χ1) is 19.8. The van der Waals surface area contributed by atoms with Gasteiger partial charge in [0.05, 0.1) is 20.7 Å². The van der Waals surface area contributed by atoms with E-state index in [1.54, 1.807) is 60.7 Å². The molecule has 0 saturated heterocycles. The molecule has 10 heteroatoms. The van der Waals surface area contributed by atoms with Crippen LogP contribution in [0.1, 0.15) is 16.9 Å². The number of benzene rings is 3. The quantitative estimate of drug-likeness (QED) is 0.233. The van der Waals surface area contributed by atoms with Crippen molar-refractivity contribution in [3.63, 3.8) is 0 Å². The summed E-state index contributed by atoms with van der Waals surface area (Å²) < 4.78 is 7.55. The molecule has 2 heterocycles. The van der Waals surface area contributed by atoms with E-state index >= 15 is 0 Å². The van der Waals surface area contributed by atoms with Gasteiger partial charge in [-0.05, 0) is 61.4 Å². The SMILES string of the molecule is Cc1ccc(C)c(NC(=O)/C(C#N)=c2/s/c(=C/c3ccc(-c4ccccc4[N+](=O)[O-])o3)c(=O)n2-c2ccccc2)c1. The second-order valence-electron chi connectivity index (χ2n) is 9.13. The molecular formula is C31H22N4O5S. The van der Waals surface area contributed by atoms with Gasteiger partial charge in [-0.1, -0.05) is 42.5 Å². The van der Waals surface area contributed by atoms with Crippen molar-refractivity contribution in [2.45, 2.75) is 13.8 Å². The number of carbonyl (C=O) groups is 1. The van der Waals surface area contributed by atoms with E-state index in [2.05, 4.69) is 5.32 Å². The van der Waals surface area contributed by atoms with Gasteiger partial charge in [-0.3, -0.25) is 24.3 Å². The van der Waals surface area contributed by atoms with Crippen LogP contribution in [0.4, 0.5) is 11.4 Å². The fourth-order valence-corrected chi connectivity index (χ4v) is 5.34. The van der Waals surface area contributed by atoms with Crippen molar-refractivity contribution in [2.75, 3.05) is 5.32 Å². The van der Waals surface area contributed by atoms with E-state index in [1.165, 1.54) is 16.7 Å². The fourth-order valence-electron chi connectivity index (χ4n) is 4.26. The van der Waals surface area contributed by atoms with Crippen LogP contribution < -0.4 is 20.1 Å². The number of thiazole rings is 1. The normalized spacial score (nSPS) is 12.1. The number of furan rings is 1. The lowest BCUT2D eigenvalue weighted by Crippen LogP contribution is -2.32. The van der Waals surface area contributed by atoms with Crippen molar-refractivity contribution in [1.82, 2.24) is 4.57 Å². The Morgan fingerprint density at radius 3 is 2.51 bits per heavy atom. The number of hydrogen-bond donors (Lipinski definition) is 1. The minimum Gasteiger partial charge on any atom is -0.456 e. The Balaban J connectivity index is 1.67. The first-order valence-corrected chi connectivity index (χ1v) is 13.2. The van der Waals surface area contributed by atoms with Crippen molar-refractivity contribution in [3.05, 3.63) is 131 Å². The molecule has 41 heavy (non-hydrogen) atoms. The van der Waals surface area contributed by atoms with Crippen LogP contribution in [0.15, 0.2) is 94.1 Å². The highest BCUT2D eigenvalue weighted by Gasteiger charge is 2.19. The van der Waals surface area contributed by atoms with E-state index in [1.807, 2.05) is 38.1 Å². The maximum atomic E-state index is 13.7. The van der Waals surface area contributed by atoms with Crippen molar-refractivity contribution in [3.8, 4) is 23.1 Å². The van der Waals surface area contributed by atoms with Gasteiger partial charge < -0.3 is 9.73 Å². The third-order valence-electron chi connectivity index (χ3n) is 6.30. The summed E-state index contributed by atoms with van der Waals surface area (Å²) in [5.74, 6) is -0.0992. The molecule has 1 amide bonds. The molecule has 0 saturated carbocycles. The van der Waals surface area contributed by atoms with Gasteiger partial charge in [-0.15, -0.1) is 11.3 Å². The molecule has 1 N–H and O–H groups in total. The molecule has 5 rings (SSSR count). The van der Waals surface area contributed by atoms with Gasteiger partial charge >= 0.3 is 0 Å². The zero-order chi connectivity index (χ0) is 29.1. The molecule has 3 aromatic carbocycles. The number of anilines is 1. The van der Waals surface area contributed by atoms with Gasteiger partial charge in [-0.2, -0.15) is 5.26 Å². The largest absolute Gasteiger partial charge is 0.456 e. The maximum Gasteiger partial charge on any atom is 0.280 e. The molecule has 0 fully saturated rings. The summed E-state index contributed by atoms with van der Waals surface area (Å²) in [7, 11) is 0. The van der Waals surface area contributed by atoms with E-state index in [0.29, 0.717) is 16.9 Å². The van der Waals surface area contributed by atoms with Gasteiger partial charge in [0.25, 0.3) is 17.2 Å². The molecular weight excluding hydrogens is 540 g/mol. The molecule has 0 radical (unpaired) electrons. The lowest BCUT2D eigenvalue weighted by atomic mass is 10.1. The molecule has 0 bridgehead atoms. The molecule has 0 aliphatic carbocycles. The van der Waals surface area contributed by atoms with Gasteiger partial charge in [0.2, 0.25) is 0 Å². The second-order valence-corrected chi connectivity index (χ2v) is 10.2. The molecule has 0 aliphatic heterocycles. The Hall–Kier alpha value is -5.53. The van der Waals surface area contributed by atoms with Crippen molar-refractivity contribution in [1.29, 1.82) is 5.26 Å². The lowest BCUT2D eigenvalue weighted by Gasteiger charge is -2.09. The molecule has 9 nitrogen and oxygen atoms in total. The summed E-state index contributed by atoms with van der Waals surface area (Å²) in [5.41, 5.74) is 2.33. The number of nitro groups is 1. The van der Waals surface area contributed by atoms with Crippen molar-refractivity contribution >= 4 is 40.3 Å². The standard InChI is InChI=1S/C31H22N4O5S/c1-19-12-13-20(2)25(16-19)33-29(36)24(18-32)31-34(21-8-4-3-5-9-21)30(37)28(41-31)17-22-14-15-27(40-22)23-10-6-7-11-26(23)35(38)39/h3-17H,1-2H3,(H,33,36)/b28-17+,31-24+. The van der Waals surface area contributed by atoms with Gasteiger partial charge in [0.15, 0.2) is 5.57 Å². The van der Waals surface area contributed by atoms with E-state index < -0.39 is 16.4 Å². The Morgan fingerprint density at radius 1 is 1.05 bits per heavy atom. The number of nitriles is 1. The highest BCUT2D eigenvalue weighted by molar-refractivity contribution is 7.07. The number of para-hydroxylation sites is 2. The summed E-state index contributed by atoms with van der Waals surface area (Å²) in [6.45, 7) is 3.75. The van der Waals surface area contributed by atoms with Gasteiger partial charge in [0, 0.05) is 17.8 Å². The Kier molecular flexibility index (Phi) is 7.45. The van der Waals surface area contributed by atoms with Crippen LogP contribution in [0, 0.1) is 35.3 Å². The van der Waals surface area contributed by atoms with Crippen LogP contribution in [0.5, 0.6) is 0 Å². The van der Waals surface area contributed by atoms with Crippen molar-refractivity contribution in [2.24, 2.45) is 0 Å². The van der Waals surface area contributed by atoms with Crippen LogP contribution in [0.3, 0.4) is 0 Å². The third-order valence-corrected chi connectivity index (χ3v) is 7.39. The fraction of sp³-hybridized carbons (Fsp3) is 0.0645. The van der Waals surface area contributed by atoms with E-state index in [-0.39, 0.29) is 32.0 Å². The zero-order valence-corrected chi connectivity index (χ0v) is 22.8. The number of aromatic nitrogens is 1. The smallest absolute Gasteiger partial charge is 0.280 e. The van der Waals surface area contributed by atoms with E-state index in [0.717, 1.165) is 22.5 Å².